The Bertz CT molecular complexity index is 941. The molecule has 1 fully saturated rings. The molecule has 2 unspecified atom stereocenters. The Morgan fingerprint density at radius 3 is 2.17 bits per heavy atom. The van der Waals surface area contributed by atoms with Crippen molar-refractivity contribution in [3.8, 4) is 0 Å². The highest BCUT2D eigenvalue weighted by molar-refractivity contribution is 5.96. The molecule has 158 valence electrons. The van der Waals surface area contributed by atoms with Gasteiger partial charge in [0.25, 0.3) is 5.91 Å². The van der Waals surface area contributed by atoms with Gasteiger partial charge >= 0.3 is 6.18 Å². The first-order valence-corrected chi connectivity index (χ1v) is 9.25. The van der Waals surface area contributed by atoms with Gasteiger partial charge in [0.15, 0.2) is 0 Å². The van der Waals surface area contributed by atoms with Crippen molar-refractivity contribution in [1.29, 1.82) is 0 Å². The predicted octanol–water partition coefficient (Wildman–Crippen LogP) is 2.34. The summed E-state index contributed by atoms with van der Waals surface area (Å²) in [5.41, 5.74) is 6.12. The number of halogens is 3. The molecule has 2 aromatic rings. The second-order valence-corrected chi connectivity index (χ2v) is 7.13. The fourth-order valence-electron chi connectivity index (χ4n) is 3.14. The van der Waals surface area contributed by atoms with Crippen molar-refractivity contribution >= 4 is 17.7 Å². The van der Waals surface area contributed by atoms with Crippen molar-refractivity contribution in [2.75, 3.05) is 6.54 Å². The van der Waals surface area contributed by atoms with Crippen LogP contribution in [0.3, 0.4) is 0 Å². The number of carbonyl (C=O) groups excluding carboxylic acids is 3. The number of nitrogens with two attached hydrogens (primary N) is 1. The van der Waals surface area contributed by atoms with Crippen LogP contribution in [0.25, 0.3) is 0 Å². The molecule has 1 aliphatic carbocycles. The summed E-state index contributed by atoms with van der Waals surface area (Å²) < 4.78 is 37.9. The van der Waals surface area contributed by atoms with Gasteiger partial charge in [-0.25, -0.2) is 0 Å². The van der Waals surface area contributed by atoms with Crippen LogP contribution < -0.4 is 16.4 Å². The molecule has 4 N–H and O–H groups in total. The fourth-order valence-corrected chi connectivity index (χ4v) is 3.14. The largest absolute Gasteiger partial charge is 0.416 e. The van der Waals surface area contributed by atoms with Gasteiger partial charge in [0.2, 0.25) is 11.8 Å². The number of primary amides is 1. The molecule has 0 spiro atoms. The molecule has 0 radical (unpaired) electrons. The van der Waals surface area contributed by atoms with E-state index in [4.69, 9.17) is 5.73 Å². The van der Waals surface area contributed by atoms with Crippen LogP contribution in [0.1, 0.15) is 39.4 Å². The van der Waals surface area contributed by atoms with Gasteiger partial charge in [0.05, 0.1) is 12.1 Å². The number of carbonyl (C=O) groups is 3. The topological polar surface area (TPSA) is 101 Å². The number of nitrogens with one attached hydrogen (secondary N) is 2. The van der Waals surface area contributed by atoms with Crippen LogP contribution >= 0.6 is 0 Å². The van der Waals surface area contributed by atoms with E-state index in [0.29, 0.717) is 12.0 Å². The quantitative estimate of drug-likeness (QED) is 0.642. The van der Waals surface area contributed by atoms with E-state index < -0.39 is 23.6 Å². The van der Waals surface area contributed by atoms with Crippen molar-refractivity contribution in [3.05, 3.63) is 70.8 Å². The molecule has 0 bridgehead atoms. The summed E-state index contributed by atoms with van der Waals surface area (Å²) in [5.74, 6) is -1.58. The van der Waals surface area contributed by atoms with E-state index in [0.717, 1.165) is 23.3 Å². The summed E-state index contributed by atoms with van der Waals surface area (Å²) in [6, 6.07) is 11.4. The molecule has 3 rings (SSSR count). The molecule has 0 saturated heterocycles. The van der Waals surface area contributed by atoms with Crippen LogP contribution in [0, 0.1) is 5.92 Å². The third-order valence-corrected chi connectivity index (χ3v) is 4.90. The van der Waals surface area contributed by atoms with E-state index >= 15 is 0 Å². The van der Waals surface area contributed by atoms with E-state index in [1.165, 1.54) is 12.1 Å². The van der Waals surface area contributed by atoms with Gasteiger partial charge in [0.1, 0.15) is 0 Å². The molecule has 30 heavy (non-hydrogen) atoms. The van der Waals surface area contributed by atoms with Crippen molar-refractivity contribution in [1.82, 2.24) is 10.6 Å². The maximum Gasteiger partial charge on any atom is 0.416 e. The number of amides is 3. The van der Waals surface area contributed by atoms with E-state index in [1.807, 2.05) is 0 Å². The fraction of sp³-hybridized carbons (Fsp3) is 0.286. The summed E-state index contributed by atoms with van der Waals surface area (Å²) in [6.45, 7) is 0.0103. The van der Waals surface area contributed by atoms with Gasteiger partial charge in [-0.2, -0.15) is 13.2 Å². The molecular formula is C21H20F3N3O3. The molecule has 0 aliphatic heterocycles. The smallest absolute Gasteiger partial charge is 0.368 e. The Balaban J connectivity index is 1.48. The summed E-state index contributed by atoms with van der Waals surface area (Å²) in [5, 5.41) is 5.18. The van der Waals surface area contributed by atoms with E-state index in [-0.39, 0.29) is 30.8 Å². The van der Waals surface area contributed by atoms with E-state index in [1.54, 1.807) is 24.3 Å². The Kier molecular flexibility index (Phi) is 6.09. The van der Waals surface area contributed by atoms with Crippen molar-refractivity contribution in [3.63, 3.8) is 0 Å². The highest BCUT2D eigenvalue weighted by atomic mass is 19.4. The highest BCUT2D eigenvalue weighted by Crippen LogP contribution is 2.48. The van der Waals surface area contributed by atoms with Crippen LogP contribution in [0.15, 0.2) is 48.5 Å². The second-order valence-electron chi connectivity index (χ2n) is 7.13. The molecule has 1 aliphatic rings. The number of hydrogen-bond donors (Lipinski definition) is 3. The number of benzene rings is 2. The van der Waals surface area contributed by atoms with Gasteiger partial charge in [-0.3, -0.25) is 14.4 Å². The Labute approximate surface area is 170 Å². The normalized spacial score (nSPS) is 17.8. The molecule has 0 heterocycles. The third kappa shape index (κ3) is 5.37. The average molecular weight is 419 g/mol. The number of rotatable bonds is 7. The molecule has 2 atom stereocenters. The van der Waals surface area contributed by atoms with Crippen LogP contribution in [-0.4, -0.2) is 24.3 Å². The standard InChI is InChI=1S/C21H20F3N3O3/c22-21(23,24)15-7-5-13(6-8-15)16-9-17(16)20(30)26-10-12-1-3-14(4-2-12)19(29)27-11-18(25)28/h1-8,16-17H,9-11H2,(H2,25,28)(H,26,30)(H,27,29). The second kappa shape index (κ2) is 8.56. The number of hydrogen-bond acceptors (Lipinski definition) is 3. The minimum absolute atomic E-state index is 0.0800. The van der Waals surface area contributed by atoms with Crippen molar-refractivity contribution < 1.29 is 27.6 Å². The minimum Gasteiger partial charge on any atom is -0.368 e. The SMILES string of the molecule is NC(=O)CNC(=O)c1ccc(CNC(=O)C2CC2c2ccc(C(F)(F)F)cc2)cc1. The van der Waals surface area contributed by atoms with Crippen LogP contribution in [-0.2, 0) is 22.3 Å². The monoisotopic (exact) mass is 419 g/mol. The van der Waals surface area contributed by atoms with Gasteiger partial charge in [-0.05, 0) is 47.7 Å². The molecular weight excluding hydrogens is 399 g/mol. The Morgan fingerprint density at radius 1 is 0.967 bits per heavy atom. The zero-order valence-electron chi connectivity index (χ0n) is 15.8. The Morgan fingerprint density at radius 2 is 1.60 bits per heavy atom. The minimum atomic E-state index is -4.38. The van der Waals surface area contributed by atoms with Crippen LogP contribution in [0.5, 0.6) is 0 Å². The maximum absolute atomic E-state index is 12.6. The summed E-state index contributed by atoms with van der Waals surface area (Å²) in [6.07, 6.45) is -3.78. The van der Waals surface area contributed by atoms with Gasteiger partial charge in [-0.15, -0.1) is 0 Å². The maximum atomic E-state index is 12.6. The van der Waals surface area contributed by atoms with Crippen LogP contribution in [0.2, 0.25) is 0 Å². The first kappa shape index (κ1) is 21.4. The molecule has 2 aromatic carbocycles. The lowest BCUT2D eigenvalue weighted by atomic mass is 10.1. The highest BCUT2D eigenvalue weighted by Gasteiger charge is 2.44. The lowest BCUT2D eigenvalue weighted by Gasteiger charge is -2.08. The molecule has 1 saturated carbocycles. The Hall–Kier alpha value is -3.36. The lowest BCUT2D eigenvalue weighted by Crippen LogP contribution is -2.33. The summed E-state index contributed by atoms with van der Waals surface area (Å²) in [7, 11) is 0. The lowest BCUT2D eigenvalue weighted by molar-refractivity contribution is -0.137. The van der Waals surface area contributed by atoms with Gasteiger partial charge in [-0.1, -0.05) is 24.3 Å². The molecule has 3 amide bonds. The summed E-state index contributed by atoms with van der Waals surface area (Å²) in [4.78, 5) is 34.8. The molecule has 0 aromatic heterocycles. The van der Waals surface area contributed by atoms with E-state index in [2.05, 4.69) is 10.6 Å². The van der Waals surface area contributed by atoms with E-state index in [9.17, 15) is 27.6 Å². The average Bonchev–Trinajstić information content (AvgIpc) is 3.51. The molecule has 9 heteroatoms. The van der Waals surface area contributed by atoms with Gasteiger partial charge < -0.3 is 16.4 Å². The van der Waals surface area contributed by atoms with Crippen molar-refractivity contribution in [2.24, 2.45) is 11.7 Å². The zero-order chi connectivity index (χ0) is 21.9. The first-order chi connectivity index (χ1) is 14.1. The first-order valence-electron chi connectivity index (χ1n) is 9.25. The van der Waals surface area contributed by atoms with Gasteiger partial charge in [0, 0.05) is 18.0 Å². The molecule has 6 nitrogen and oxygen atoms in total. The predicted molar refractivity (Wildman–Crippen MR) is 102 cm³/mol. The third-order valence-electron chi connectivity index (χ3n) is 4.90. The van der Waals surface area contributed by atoms with Crippen molar-refractivity contribution in [2.45, 2.75) is 25.1 Å². The zero-order valence-corrected chi connectivity index (χ0v) is 15.8. The number of alkyl halides is 3. The van der Waals surface area contributed by atoms with Crippen LogP contribution in [0.4, 0.5) is 13.2 Å². The summed E-state index contributed by atoms with van der Waals surface area (Å²) >= 11 is 0.